The first kappa shape index (κ1) is 27.8. The fourth-order valence-electron chi connectivity index (χ4n) is 8.09. The number of carbonyl (C=O) groups is 1. The average molecular weight is 499 g/mol. The SMILES string of the molecule is CCCCC(=O)C1([C@H](O)C=CC(C)(C)[C@H]2CC[C@H]3C(=CC=C4C[C@@H](O)C[C@H](O)C4)CCC[C@]23C)CC1. The van der Waals surface area contributed by atoms with E-state index in [0.717, 1.165) is 37.7 Å². The van der Waals surface area contributed by atoms with Gasteiger partial charge in [0.15, 0.2) is 0 Å². The topological polar surface area (TPSA) is 77.8 Å². The van der Waals surface area contributed by atoms with Crippen molar-refractivity contribution in [2.45, 2.75) is 129 Å². The van der Waals surface area contributed by atoms with Crippen LogP contribution in [0.2, 0.25) is 0 Å². The molecule has 0 saturated heterocycles. The summed E-state index contributed by atoms with van der Waals surface area (Å²) < 4.78 is 0. The van der Waals surface area contributed by atoms with E-state index in [1.54, 1.807) is 0 Å². The van der Waals surface area contributed by atoms with Crippen molar-refractivity contribution in [3.8, 4) is 0 Å². The molecule has 4 nitrogen and oxygen atoms in total. The number of unbranched alkanes of at least 4 members (excludes halogenated alkanes) is 1. The highest BCUT2D eigenvalue weighted by molar-refractivity contribution is 5.88. The highest BCUT2D eigenvalue weighted by Crippen LogP contribution is 2.62. The van der Waals surface area contributed by atoms with Crippen LogP contribution in [0.5, 0.6) is 0 Å². The summed E-state index contributed by atoms with van der Waals surface area (Å²) in [6.07, 6.45) is 19.1. The van der Waals surface area contributed by atoms with Crippen LogP contribution in [0.1, 0.15) is 111 Å². The zero-order valence-corrected chi connectivity index (χ0v) is 23.1. The van der Waals surface area contributed by atoms with Crippen LogP contribution in [0, 0.1) is 28.1 Å². The number of ketones is 1. The molecular formula is C32H50O4. The number of rotatable bonds is 9. The molecule has 4 rings (SSSR count). The minimum absolute atomic E-state index is 0.0501. The molecule has 4 fully saturated rings. The van der Waals surface area contributed by atoms with Crippen molar-refractivity contribution in [2.75, 3.05) is 0 Å². The summed E-state index contributed by atoms with van der Waals surface area (Å²) in [4.78, 5) is 12.8. The van der Waals surface area contributed by atoms with Gasteiger partial charge in [-0.2, -0.15) is 0 Å². The minimum atomic E-state index is -0.666. The van der Waals surface area contributed by atoms with Crippen LogP contribution in [0.3, 0.4) is 0 Å². The number of aliphatic hydroxyl groups excluding tert-OH is 3. The Bertz CT molecular complexity index is 880. The van der Waals surface area contributed by atoms with Crippen molar-refractivity contribution in [2.24, 2.45) is 28.1 Å². The van der Waals surface area contributed by atoms with Gasteiger partial charge in [-0.3, -0.25) is 4.79 Å². The molecule has 3 N–H and O–H groups in total. The highest BCUT2D eigenvalue weighted by atomic mass is 16.3. The summed E-state index contributed by atoms with van der Waals surface area (Å²) in [6.45, 7) is 9.22. The molecule has 0 unspecified atom stereocenters. The van der Waals surface area contributed by atoms with E-state index in [4.69, 9.17) is 0 Å². The average Bonchev–Trinajstić information content (AvgIpc) is 3.55. The van der Waals surface area contributed by atoms with E-state index in [1.165, 1.54) is 31.3 Å². The van der Waals surface area contributed by atoms with Gasteiger partial charge in [0.25, 0.3) is 0 Å². The van der Waals surface area contributed by atoms with Crippen molar-refractivity contribution >= 4 is 5.78 Å². The second-order valence-corrected chi connectivity index (χ2v) is 13.4. The predicted molar refractivity (Wildman–Crippen MR) is 145 cm³/mol. The number of hydrogen-bond donors (Lipinski definition) is 3. The zero-order chi connectivity index (χ0) is 26.1. The number of hydrogen-bond acceptors (Lipinski definition) is 4. The van der Waals surface area contributed by atoms with Crippen molar-refractivity contribution in [3.63, 3.8) is 0 Å². The molecule has 4 saturated carbocycles. The fourth-order valence-corrected chi connectivity index (χ4v) is 8.09. The van der Waals surface area contributed by atoms with E-state index in [1.807, 2.05) is 6.08 Å². The Morgan fingerprint density at radius 1 is 1.11 bits per heavy atom. The summed E-state index contributed by atoms with van der Waals surface area (Å²) in [6, 6.07) is 0. The number of Topliss-reactive ketones (excluding diaryl/α,β-unsaturated/α-hetero) is 1. The molecule has 0 amide bonds. The Hall–Kier alpha value is -1.23. The third kappa shape index (κ3) is 5.61. The van der Waals surface area contributed by atoms with Crippen molar-refractivity contribution < 1.29 is 20.1 Å². The lowest BCUT2D eigenvalue weighted by atomic mass is 9.57. The van der Waals surface area contributed by atoms with Gasteiger partial charge in [0.2, 0.25) is 0 Å². The molecule has 0 aromatic carbocycles. The summed E-state index contributed by atoms with van der Waals surface area (Å²) in [5.74, 6) is 1.34. The van der Waals surface area contributed by atoms with Gasteiger partial charge in [-0.25, -0.2) is 0 Å². The van der Waals surface area contributed by atoms with E-state index in [9.17, 15) is 20.1 Å². The maximum Gasteiger partial charge on any atom is 0.141 e. The number of carbonyl (C=O) groups excluding carboxylic acids is 1. The monoisotopic (exact) mass is 498 g/mol. The molecule has 0 aromatic heterocycles. The first-order chi connectivity index (χ1) is 17.0. The molecule has 0 bridgehead atoms. The first-order valence-electron chi connectivity index (χ1n) is 14.7. The molecular weight excluding hydrogens is 448 g/mol. The number of allylic oxidation sites excluding steroid dienone is 4. The van der Waals surface area contributed by atoms with Gasteiger partial charge in [0.1, 0.15) is 5.78 Å². The summed E-state index contributed by atoms with van der Waals surface area (Å²) in [5.41, 5.74) is 2.35. The molecule has 0 spiro atoms. The van der Waals surface area contributed by atoms with Crippen molar-refractivity contribution in [1.29, 1.82) is 0 Å². The molecule has 0 radical (unpaired) electrons. The fraction of sp³-hybridized carbons (Fsp3) is 0.781. The van der Waals surface area contributed by atoms with Crippen LogP contribution >= 0.6 is 0 Å². The quantitative estimate of drug-likeness (QED) is 0.320. The maximum absolute atomic E-state index is 12.8. The molecule has 4 heteroatoms. The van der Waals surface area contributed by atoms with Gasteiger partial charge < -0.3 is 15.3 Å². The number of fused-ring (bicyclic) bond motifs is 1. The standard InChI is InChI=1S/C32H50O4/c1-5-6-9-28(35)32(17-18-32)29(36)14-16-30(2,3)27-13-12-26-23(8-7-15-31(26,27)4)11-10-22-19-24(33)21-25(34)20-22/h10-11,14,16,24-27,29,33-34,36H,5-9,12-13,15,17-21H2,1-4H3/t24-,25-,26+,27-,29-,31+/m1/s1. The Labute approximate surface area is 219 Å². The van der Waals surface area contributed by atoms with Crippen LogP contribution in [0.25, 0.3) is 0 Å². The molecule has 0 aliphatic heterocycles. The molecule has 0 heterocycles. The summed E-state index contributed by atoms with van der Waals surface area (Å²) in [7, 11) is 0. The second-order valence-electron chi connectivity index (χ2n) is 13.4. The summed E-state index contributed by atoms with van der Waals surface area (Å²) >= 11 is 0. The van der Waals surface area contributed by atoms with Crippen LogP contribution in [-0.2, 0) is 4.79 Å². The van der Waals surface area contributed by atoms with Crippen LogP contribution < -0.4 is 0 Å². The van der Waals surface area contributed by atoms with Gasteiger partial charge in [0.05, 0.1) is 23.7 Å². The highest BCUT2D eigenvalue weighted by Gasteiger charge is 2.55. The van der Waals surface area contributed by atoms with Crippen LogP contribution in [0.15, 0.2) is 35.5 Å². The van der Waals surface area contributed by atoms with E-state index in [2.05, 4.69) is 45.9 Å². The maximum atomic E-state index is 12.8. The van der Waals surface area contributed by atoms with Gasteiger partial charge >= 0.3 is 0 Å². The zero-order valence-electron chi connectivity index (χ0n) is 23.1. The Balaban J connectivity index is 1.46. The third-order valence-electron chi connectivity index (χ3n) is 10.3. The third-order valence-corrected chi connectivity index (χ3v) is 10.3. The normalized spacial score (nSPS) is 36.2. The van der Waals surface area contributed by atoms with Gasteiger partial charge in [-0.1, -0.05) is 69.6 Å². The van der Waals surface area contributed by atoms with Gasteiger partial charge in [-0.15, -0.1) is 0 Å². The second kappa shape index (κ2) is 10.9. The molecule has 0 aromatic rings. The van der Waals surface area contributed by atoms with E-state index < -0.39 is 23.7 Å². The van der Waals surface area contributed by atoms with E-state index in [-0.39, 0.29) is 16.6 Å². The smallest absolute Gasteiger partial charge is 0.141 e. The molecule has 36 heavy (non-hydrogen) atoms. The molecule has 4 aliphatic carbocycles. The predicted octanol–water partition coefficient (Wildman–Crippen LogP) is 6.44. The van der Waals surface area contributed by atoms with Crippen LogP contribution in [0.4, 0.5) is 0 Å². The lowest BCUT2D eigenvalue weighted by Gasteiger charge is -2.47. The first-order valence-corrected chi connectivity index (χ1v) is 14.7. The van der Waals surface area contributed by atoms with Gasteiger partial charge in [-0.05, 0) is 93.3 Å². The molecule has 6 atom stereocenters. The minimum Gasteiger partial charge on any atom is -0.393 e. The van der Waals surface area contributed by atoms with E-state index in [0.29, 0.717) is 37.5 Å². The Morgan fingerprint density at radius 3 is 2.44 bits per heavy atom. The Kier molecular flexibility index (Phi) is 8.39. The van der Waals surface area contributed by atoms with E-state index >= 15 is 0 Å². The van der Waals surface area contributed by atoms with Crippen molar-refractivity contribution in [3.05, 3.63) is 35.5 Å². The van der Waals surface area contributed by atoms with Crippen LogP contribution in [-0.4, -0.2) is 39.4 Å². The van der Waals surface area contributed by atoms with Gasteiger partial charge in [0, 0.05) is 6.42 Å². The summed E-state index contributed by atoms with van der Waals surface area (Å²) in [5, 5.41) is 31.1. The lowest BCUT2D eigenvalue weighted by Crippen LogP contribution is -2.39. The largest absolute Gasteiger partial charge is 0.393 e. The van der Waals surface area contributed by atoms with Crippen molar-refractivity contribution in [1.82, 2.24) is 0 Å². The molecule has 202 valence electrons. The molecule has 4 aliphatic rings. The number of aliphatic hydroxyl groups is 3. The Morgan fingerprint density at radius 2 is 1.81 bits per heavy atom. The lowest BCUT2D eigenvalue weighted by molar-refractivity contribution is -0.127.